The van der Waals surface area contributed by atoms with E-state index in [2.05, 4.69) is 5.32 Å². The molecule has 2 aromatic rings. The van der Waals surface area contributed by atoms with E-state index in [0.29, 0.717) is 5.69 Å². The van der Waals surface area contributed by atoms with E-state index in [4.69, 9.17) is 0 Å². The second-order valence-electron chi connectivity index (χ2n) is 4.74. The fourth-order valence-electron chi connectivity index (χ4n) is 1.87. The first-order valence-corrected chi connectivity index (χ1v) is 8.08. The van der Waals surface area contributed by atoms with Crippen LogP contribution in [0.5, 0.6) is 0 Å². The second kappa shape index (κ2) is 6.75. The molecule has 0 saturated carbocycles. The van der Waals surface area contributed by atoms with Crippen molar-refractivity contribution in [3.63, 3.8) is 0 Å². The van der Waals surface area contributed by atoms with Crippen molar-refractivity contribution in [2.75, 3.05) is 5.32 Å². The molecule has 9 heteroatoms. The first kappa shape index (κ1) is 17.5. The molecule has 126 valence electrons. The van der Waals surface area contributed by atoms with Crippen LogP contribution in [0, 0.1) is 11.6 Å². The fraction of sp³-hybridized carbons (Fsp3) is 0.0667. The van der Waals surface area contributed by atoms with E-state index in [0.717, 1.165) is 30.3 Å². The van der Waals surface area contributed by atoms with Gasteiger partial charge in [0, 0.05) is 12.6 Å². The van der Waals surface area contributed by atoms with Crippen LogP contribution < -0.4 is 10.0 Å². The Balaban J connectivity index is 2.25. The van der Waals surface area contributed by atoms with Gasteiger partial charge in [-0.15, -0.1) is 0 Å². The van der Waals surface area contributed by atoms with Crippen LogP contribution >= 0.6 is 0 Å². The molecule has 6 nitrogen and oxygen atoms in total. The van der Waals surface area contributed by atoms with Crippen LogP contribution in [0.2, 0.25) is 0 Å². The lowest BCUT2D eigenvalue weighted by atomic mass is 10.2. The largest absolute Gasteiger partial charge is 0.326 e. The second-order valence-corrected chi connectivity index (χ2v) is 6.42. The summed E-state index contributed by atoms with van der Waals surface area (Å²) in [6, 6.07) is 7.63. The number of nitrogens with one attached hydrogen (secondary N) is 2. The van der Waals surface area contributed by atoms with Gasteiger partial charge in [-0.25, -0.2) is 21.9 Å². The zero-order chi connectivity index (χ0) is 17.9. The monoisotopic (exact) mass is 354 g/mol. The Morgan fingerprint density at radius 1 is 0.958 bits per heavy atom. The zero-order valence-corrected chi connectivity index (χ0v) is 13.2. The van der Waals surface area contributed by atoms with Gasteiger partial charge in [0.1, 0.15) is 17.2 Å². The van der Waals surface area contributed by atoms with E-state index in [1.165, 1.54) is 19.1 Å². The predicted octanol–water partition coefficient (Wildman–Crippen LogP) is 2.04. The van der Waals surface area contributed by atoms with Crippen LogP contribution in [-0.2, 0) is 14.8 Å². The first-order chi connectivity index (χ1) is 11.2. The highest BCUT2D eigenvalue weighted by molar-refractivity contribution is 7.90. The summed E-state index contributed by atoms with van der Waals surface area (Å²) < 4.78 is 52.8. The van der Waals surface area contributed by atoms with Crippen molar-refractivity contribution in [2.45, 2.75) is 11.8 Å². The number of carbonyl (C=O) groups excluding carboxylic acids is 2. The Labute approximate surface area is 136 Å². The molecule has 0 saturated heterocycles. The molecule has 2 aromatic carbocycles. The maximum atomic E-state index is 13.5. The highest BCUT2D eigenvalue weighted by Crippen LogP contribution is 2.16. The van der Waals surface area contributed by atoms with Gasteiger partial charge in [-0.1, -0.05) is 6.07 Å². The van der Waals surface area contributed by atoms with Gasteiger partial charge < -0.3 is 5.32 Å². The summed E-state index contributed by atoms with van der Waals surface area (Å²) >= 11 is 0. The lowest BCUT2D eigenvalue weighted by Gasteiger charge is -2.09. The van der Waals surface area contributed by atoms with E-state index in [1.54, 1.807) is 4.72 Å². The summed E-state index contributed by atoms with van der Waals surface area (Å²) in [6.07, 6.45) is 0. The topological polar surface area (TPSA) is 92.3 Å². The number of halogens is 2. The number of rotatable bonds is 4. The SMILES string of the molecule is CC(=O)Nc1ccc(S(=O)(=O)NC(=O)c2c(F)cccc2F)cc1. The van der Waals surface area contributed by atoms with E-state index in [1.807, 2.05) is 0 Å². The summed E-state index contributed by atoms with van der Waals surface area (Å²) in [5, 5.41) is 2.44. The molecule has 0 atom stereocenters. The summed E-state index contributed by atoms with van der Waals surface area (Å²) in [6.45, 7) is 1.29. The summed E-state index contributed by atoms with van der Waals surface area (Å²) in [7, 11) is -4.33. The first-order valence-electron chi connectivity index (χ1n) is 6.59. The van der Waals surface area contributed by atoms with Gasteiger partial charge >= 0.3 is 0 Å². The Morgan fingerprint density at radius 3 is 2.00 bits per heavy atom. The van der Waals surface area contributed by atoms with E-state index >= 15 is 0 Å². The van der Waals surface area contributed by atoms with Gasteiger partial charge in [-0.2, -0.15) is 0 Å². The maximum Gasteiger partial charge on any atom is 0.270 e. The Hall–Kier alpha value is -2.81. The Morgan fingerprint density at radius 2 is 1.50 bits per heavy atom. The molecule has 2 N–H and O–H groups in total. The number of amides is 2. The highest BCUT2D eigenvalue weighted by atomic mass is 32.2. The number of sulfonamides is 1. The third kappa shape index (κ3) is 3.93. The van der Waals surface area contributed by atoms with Gasteiger partial charge in [0.2, 0.25) is 5.91 Å². The molecule has 0 aromatic heterocycles. The average Bonchev–Trinajstić information content (AvgIpc) is 2.46. The minimum absolute atomic E-state index is 0.304. The highest BCUT2D eigenvalue weighted by Gasteiger charge is 2.23. The lowest BCUT2D eigenvalue weighted by molar-refractivity contribution is -0.114. The molecular formula is C15H12F2N2O4S. The summed E-state index contributed by atoms with van der Waals surface area (Å²) in [5.74, 6) is -4.11. The summed E-state index contributed by atoms with van der Waals surface area (Å²) in [4.78, 5) is 22.5. The minimum atomic E-state index is -4.33. The molecule has 0 bridgehead atoms. The molecule has 0 aliphatic heterocycles. The van der Waals surface area contributed by atoms with Crippen LogP contribution in [0.3, 0.4) is 0 Å². The number of hydrogen-bond donors (Lipinski definition) is 2. The van der Waals surface area contributed by atoms with Crippen molar-refractivity contribution in [3.8, 4) is 0 Å². The van der Waals surface area contributed by atoms with Crippen LogP contribution in [0.1, 0.15) is 17.3 Å². The van der Waals surface area contributed by atoms with Crippen molar-refractivity contribution in [3.05, 3.63) is 59.7 Å². The van der Waals surface area contributed by atoms with Gasteiger partial charge in [-0.3, -0.25) is 9.59 Å². The number of hydrogen-bond acceptors (Lipinski definition) is 4. The quantitative estimate of drug-likeness (QED) is 0.879. The summed E-state index contributed by atoms with van der Waals surface area (Å²) in [5.41, 5.74) is -0.635. The van der Waals surface area contributed by atoms with Crippen LogP contribution in [0.4, 0.5) is 14.5 Å². The third-order valence-corrected chi connectivity index (χ3v) is 4.25. The van der Waals surface area contributed by atoms with Crippen LogP contribution in [-0.4, -0.2) is 20.2 Å². The zero-order valence-electron chi connectivity index (χ0n) is 12.3. The molecule has 24 heavy (non-hydrogen) atoms. The van der Waals surface area contributed by atoms with Crippen molar-refractivity contribution in [2.24, 2.45) is 0 Å². The lowest BCUT2D eigenvalue weighted by Crippen LogP contribution is -2.32. The van der Waals surface area contributed by atoms with Crippen LogP contribution in [0.25, 0.3) is 0 Å². The molecule has 0 fully saturated rings. The number of anilines is 1. The molecule has 0 aliphatic carbocycles. The van der Waals surface area contributed by atoms with Gasteiger partial charge in [-0.05, 0) is 36.4 Å². The van der Waals surface area contributed by atoms with E-state index in [9.17, 15) is 26.8 Å². The van der Waals surface area contributed by atoms with Gasteiger partial charge in [0.05, 0.1) is 4.90 Å². The molecule has 2 amide bonds. The predicted molar refractivity (Wildman–Crippen MR) is 81.8 cm³/mol. The molecule has 0 radical (unpaired) electrons. The van der Waals surface area contributed by atoms with E-state index < -0.39 is 33.1 Å². The normalized spacial score (nSPS) is 11.0. The molecule has 2 rings (SSSR count). The molecule has 0 unspecified atom stereocenters. The average molecular weight is 354 g/mol. The van der Waals surface area contributed by atoms with Crippen molar-refractivity contribution in [1.82, 2.24) is 4.72 Å². The third-order valence-electron chi connectivity index (χ3n) is 2.90. The van der Waals surface area contributed by atoms with Crippen molar-refractivity contribution < 1.29 is 26.8 Å². The van der Waals surface area contributed by atoms with Gasteiger partial charge in [0.15, 0.2) is 0 Å². The standard InChI is InChI=1S/C15H12F2N2O4S/c1-9(20)18-10-5-7-11(8-6-10)24(22,23)19-15(21)14-12(16)3-2-4-13(14)17/h2-8H,1H3,(H,18,20)(H,19,21). The number of carbonyl (C=O) groups is 2. The molecule has 0 heterocycles. The van der Waals surface area contributed by atoms with Crippen molar-refractivity contribution in [1.29, 1.82) is 0 Å². The van der Waals surface area contributed by atoms with Crippen molar-refractivity contribution >= 4 is 27.5 Å². The number of benzene rings is 2. The Bertz CT molecular complexity index is 876. The van der Waals surface area contributed by atoms with E-state index in [-0.39, 0.29) is 10.8 Å². The van der Waals surface area contributed by atoms with Crippen LogP contribution in [0.15, 0.2) is 47.4 Å². The molecule has 0 spiro atoms. The smallest absolute Gasteiger partial charge is 0.270 e. The Kier molecular flexibility index (Phi) is 4.93. The fourth-order valence-corrected chi connectivity index (χ4v) is 2.83. The maximum absolute atomic E-state index is 13.5. The molecular weight excluding hydrogens is 342 g/mol. The molecule has 0 aliphatic rings. The minimum Gasteiger partial charge on any atom is -0.326 e. The van der Waals surface area contributed by atoms with Gasteiger partial charge in [0.25, 0.3) is 15.9 Å².